The van der Waals surface area contributed by atoms with Gasteiger partial charge in [-0.15, -0.1) is 0 Å². The van der Waals surface area contributed by atoms with Gasteiger partial charge in [-0.2, -0.15) is 4.57 Å². The fourth-order valence-corrected chi connectivity index (χ4v) is 5.78. The van der Waals surface area contributed by atoms with Crippen molar-refractivity contribution >= 4 is 0 Å². The van der Waals surface area contributed by atoms with E-state index >= 15 is 0 Å². The molecule has 7 rings (SSSR count). The third-order valence-electron chi connectivity index (χ3n) is 6.88. The molecular weight excluding hydrogens is 390 g/mol. The van der Waals surface area contributed by atoms with Gasteiger partial charge in [0.15, 0.2) is 17.9 Å². The maximum Gasteiger partial charge on any atom is 0.190 e. The highest BCUT2D eigenvalue weighted by molar-refractivity contribution is 5.56. The van der Waals surface area contributed by atoms with Crippen LogP contribution in [-0.4, -0.2) is 5.11 Å². The van der Waals surface area contributed by atoms with E-state index in [1.165, 1.54) is 27.9 Å². The third kappa shape index (κ3) is 2.47. The minimum atomic E-state index is -0.171. The molecule has 3 heteroatoms. The first kappa shape index (κ1) is 18.9. The van der Waals surface area contributed by atoms with Gasteiger partial charge in [-0.3, -0.25) is 0 Å². The minimum absolute atomic E-state index is 0. The number of phenols is 1. The Morgan fingerprint density at radius 2 is 1.37 bits per heavy atom. The van der Waals surface area contributed by atoms with Crippen LogP contribution in [0.15, 0.2) is 103 Å². The molecule has 1 aromatic heterocycles. The molecule has 0 amide bonds. The quantitative estimate of drug-likeness (QED) is 0.502. The number of benzene rings is 3. The molecule has 2 nitrogen and oxygen atoms in total. The lowest BCUT2D eigenvalue weighted by Crippen LogP contribution is -3.00. The van der Waals surface area contributed by atoms with Crippen molar-refractivity contribution in [2.24, 2.45) is 0 Å². The van der Waals surface area contributed by atoms with Gasteiger partial charge in [0.25, 0.3) is 0 Å². The van der Waals surface area contributed by atoms with Crippen molar-refractivity contribution in [3.63, 3.8) is 0 Å². The van der Waals surface area contributed by atoms with Crippen molar-refractivity contribution in [2.75, 3.05) is 0 Å². The average Bonchev–Trinajstić information content (AvgIpc) is 2.80. The Labute approximate surface area is 182 Å². The van der Waals surface area contributed by atoms with Crippen LogP contribution in [-0.2, 0) is 5.41 Å². The van der Waals surface area contributed by atoms with Crippen LogP contribution >= 0.6 is 0 Å². The Morgan fingerprint density at radius 3 is 2.03 bits per heavy atom. The third-order valence-corrected chi connectivity index (χ3v) is 6.88. The number of aromatic hydroxyl groups is 1. The molecule has 0 spiro atoms. The van der Waals surface area contributed by atoms with Crippen molar-refractivity contribution in [3.8, 4) is 5.75 Å². The predicted octanol–water partition coefficient (Wildman–Crippen LogP) is 2.11. The van der Waals surface area contributed by atoms with E-state index in [0.717, 1.165) is 6.42 Å². The first-order chi connectivity index (χ1) is 14.3. The topological polar surface area (TPSA) is 24.1 Å². The van der Waals surface area contributed by atoms with Crippen LogP contribution in [0.4, 0.5) is 0 Å². The van der Waals surface area contributed by atoms with Crippen LogP contribution in [0.3, 0.4) is 0 Å². The Kier molecular flexibility index (Phi) is 4.41. The molecular formula is C27H22ClNO. The Morgan fingerprint density at radius 1 is 0.733 bits per heavy atom. The number of rotatable bonds is 2. The summed E-state index contributed by atoms with van der Waals surface area (Å²) in [7, 11) is 0. The van der Waals surface area contributed by atoms with Gasteiger partial charge in [-0.1, -0.05) is 66.7 Å². The number of hydrogen-bond acceptors (Lipinski definition) is 1. The van der Waals surface area contributed by atoms with Crippen LogP contribution in [0.2, 0.25) is 0 Å². The maximum absolute atomic E-state index is 10.4. The molecule has 3 aromatic carbocycles. The molecule has 0 radical (unpaired) electrons. The predicted molar refractivity (Wildman–Crippen MR) is 113 cm³/mol. The highest BCUT2D eigenvalue weighted by Gasteiger charge is 2.59. The number of nitrogens with zero attached hydrogens (tertiary/aromatic N) is 1. The molecule has 148 valence electrons. The van der Waals surface area contributed by atoms with E-state index in [4.69, 9.17) is 0 Å². The summed E-state index contributed by atoms with van der Waals surface area (Å²) in [6, 6.07) is 34.5. The molecule has 0 saturated carbocycles. The van der Waals surface area contributed by atoms with Crippen LogP contribution in [0.1, 0.15) is 46.3 Å². The lowest BCUT2D eigenvalue weighted by atomic mass is 9.53. The fourth-order valence-electron chi connectivity index (χ4n) is 5.78. The van der Waals surface area contributed by atoms with E-state index in [0.29, 0.717) is 5.75 Å². The largest absolute Gasteiger partial charge is 1.00 e. The molecule has 3 aliphatic rings. The van der Waals surface area contributed by atoms with Crippen LogP contribution < -0.4 is 17.0 Å². The van der Waals surface area contributed by atoms with Gasteiger partial charge >= 0.3 is 0 Å². The van der Waals surface area contributed by atoms with Crippen molar-refractivity contribution < 1.29 is 22.1 Å². The normalized spacial score (nSPS) is 20.0. The van der Waals surface area contributed by atoms with Crippen molar-refractivity contribution in [2.45, 2.75) is 23.8 Å². The number of phenolic OH excluding ortho intramolecular Hbond substituents is 1. The van der Waals surface area contributed by atoms with E-state index in [9.17, 15) is 5.11 Å². The second-order valence-corrected chi connectivity index (χ2v) is 8.20. The maximum atomic E-state index is 10.4. The molecule has 30 heavy (non-hydrogen) atoms. The molecule has 3 heterocycles. The summed E-state index contributed by atoms with van der Waals surface area (Å²) >= 11 is 0. The molecule has 2 aliphatic heterocycles. The van der Waals surface area contributed by atoms with Gasteiger partial charge in [-0.25, -0.2) is 0 Å². The summed E-state index contributed by atoms with van der Waals surface area (Å²) in [6.07, 6.45) is 3.22. The monoisotopic (exact) mass is 411 g/mol. The highest BCUT2D eigenvalue weighted by atomic mass is 35.5. The van der Waals surface area contributed by atoms with E-state index < -0.39 is 0 Å². The van der Waals surface area contributed by atoms with E-state index in [1.54, 1.807) is 0 Å². The second-order valence-electron chi connectivity index (χ2n) is 8.20. The van der Waals surface area contributed by atoms with Crippen molar-refractivity contribution in [3.05, 3.63) is 131 Å². The molecule has 1 N–H and O–H groups in total. The van der Waals surface area contributed by atoms with Gasteiger partial charge in [0.05, 0.1) is 5.92 Å². The number of hydrogen-bond donors (Lipinski definition) is 1. The van der Waals surface area contributed by atoms with Gasteiger partial charge in [0.1, 0.15) is 5.75 Å². The standard InChI is InChI=1S/C27H21NO.ClH/c29-21-14-15-22-23(17-21)26-24-13-7-8-16-28(24)25(22)18-27(26,19-9-3-1-4-10-19)20-11-5-2-6-12-20;/h1-17,25-26H,18H2;1H. The van der Waals surface area contributed by atoms with Crippen molar-refractivity contribution in [1.29, 1.82) is 0 Å². The molecule has 4 aromatic rings. The molecule has 2 bridgehead atoms. The summed E-state index contributed by atoms with van der Waals surface area (Å²) < 4.78 is 2.44. The summed E-state index contributed by atoms with van der Waals surface area (Å²) in [6.45, 7) is 0. The van der Waals surface area contributed by atoms with Gasteiger partial charge in [0.2, 0.25) is 0 Å². The summed E-state index contributed by atoms with van der Waals surface area (Å²) in [4.78, 5) is 0. The Hall–Kier alpha value is -3.10. The van der Waals surface area contributed by atoms with Crippen LogP contribution in [0, 0.1) is 0 Å². The zero-order chi connectivity index (χ0) is 19.4. The lowest BCUT2D eigenvalue weighted by molar-refractivity contribution is -0.732. The lowest BCUT2D eigenvalue weighted by Gasteiger charge is -2.50. The first-order valence-electron chi connectivity index (χ1n) is 10.2. The highest BCUT2D eigenvalue weighted by Crippen LogP contribution is 2.59. The Balaban J connectivity index is 0.00000193. The van der Waals surface area contributed by atoms with Gasteiger partial charge in [0, 0.05) is 29.5 Å². The summed E-state index contributed by atoms with van der Waals surface area (Å²) in [5.74, 6) is 0.481. The Bertz CT molecular complexity index is 1170. The molecule has 2 unspecified atom stereocenters. The SMILES string of the molecule is Oc1ccc2c(c1)C1c3cccc[n+]3C2CC1(c1ccccc1)c1ccccc1.[Cl-]. The average molecular weight is 412 g/mol. The number of halogens is 1. The molecule has 2 atom stereocenters. The summed E-state index contributed by atoms with van der Waals surface area (Å²) in [5.41, 5.74) is 6.40. The van der Waals surface area contributed by atoms with E-state index in [-0.39, 0.29) is 29.8 Å². The first-order valence-corrected chi connectivity index (χ1v) is 10.2. The second kappa shape index (κ2) is 7.00. The summed E-state index contributed by atoms with van der Waals surface area (Å²) in [5, 5.41) is 10.4. The molecule has 0 fully saturated rings. The minimum Gasteiger partial charge on any atom is -1.00 e. The number of pyridine rings is 1. The van der Waals surface area contributed by atoms with Gasteiger partial charge in [-0.05, 0) is 34.9 Å². The smallest absolute Gasteiger partial charge is 0.190 e. The zero-order valence-corrected chi connectivity index (χ0v) is 17.2. The van der Waals surface area contributed by atoms with Crippen LogP contribution in [0.25, 0.3) is 0 Å². The fraction of sp³-hybridized carbons (Fsp3) is 0.148. The van der Waals surface area contributed by atoms with E-state index in [2.05, 4.69) is 95.7 Å². The number of aromatic nitrogens is 1. The molecule has 0 saturated heterocycles. The van der Waals surface area contributed by atoms with Crippen molar-refractivity contribution in [1.82, 2.24) is 0 Å². The number of fused-ring (bicyclic) bond motifs is 1. The zero-order valence-electron chi connectivity index (χ0n) is 16.4. The van der Waals surface area contributed by atoms with Gasteiger partial charge < -0.3 is 17.5 Å². The molecule has 1 aliphatic carbocycles. The van der Waals surface area contributed by atoms with E-state index in [1.807, 2.05) is 12.1 Å². The van der Waals surface area contributed by atoms with Crippen LogP contribution in [0.5, 0.6) is 5.75 Å².